The Bertz CT molecular complexity index is 1490. The highest BCUT2D eigenvalue weighted by Crippen LogP contribution is 2.32. The Morgan fingerprint density at radius 3 is 2.72 bits per heavy atom. The number of tetrazole rings is 1. The number of rotatable bonds is 6. The van der Waals surface area contributed by atoms with E-state index < -0.39 is 5.82 Å². The third kappa shape index (κ3) is 4.01. The van der Waals surface area contributed by atoms with Crippen LogP contribution in [0, 0.1) is 5.82 Å². The van der Waals surface area contributed by atoms with E-state index in [4.69, 9.17) is 4.52 Å². The van der Waals surface area contributed by atoms with Crippen molar-refractivity contribution in [3.8, 4) is 5.69 Å². The molecule has 0 bridgehead atoms. The van der Waals surface area contributed by atoms with Gasteiger partial charge in [0.15, 0.2) is 17.3 Å². The Kier molecular flexibility index (Phi) is 5.51. The Hall–Kier alpha value is -4.42. The Morgan fingerprint density at radius 2 is 2.00 bits per heavy atom. The number of fused-ring (bicyclic) bond motifs is 1. The predicted molar refractivity (Wildman–Crippen MR) is 128 cm³/mol. The SMILES string of the molecule is CC(C)c1noc(N2CCC(c3cnc4c(Nc5ccc(-n6cnnn6)c(F)c5)cncn34)CC2)n1. The first-order valence-electron chi connectivity index (χ1n) is 11.8. The molecule has 12 nitrogen and oxygen atoms in total. The summed E-state index contributed by atoms with van der Waals surface area (Å²) >= 11 is 0. The van der Waals surface area contributed by atoms with Crippen LogP contribution in [0.5, 0.6) is 0 Å². The van der Waals surface area contributed by atoms with Crippen LogP contribution in [-0.4, -0.2) is 57.8 Å². The highest BCUT2D eigenvalue weighted by atomic mass is 19.1. The molecule has 5 aromatic rings. The van der Waals surface area contributed by atoms with Crippen LogP contribution >= 0.6 is 0 Å². The molecule has 0 amide bonds. The molecule has 0 atom stereocenters. The first-order valence-corrected chi connectivity index (χ1v) is 11.8. The molecule has 1 N–H and O–H groups in total. The summed E-state index contributed by atoms with van der Waals surface area (Å²) in [6.45, 7) is 5.72. The van der Waals surface area contributed by atoms with E-state index in [0.29, 0.717) is 23.3 Å². The largest absolute Gasteiger partial charge is 0.351 e. The number of aromatic nitrogens is 9. The van der Waals surface area contributed by atoms with Gasteiger partial charge in [0.2, 0.25) is 0 Å². The maximum atomic E-state index is 14.7. The van der Waals surface area contributed by atoms with Crippen molar-refractivity contribution >= 4 is 23.0 Å². The molecule has 13 heteroatoms. The molecule has 0 radical (unpaired) electrons. The molecule has 0 unspecified atom stereocenters. The first kappa shape index (κ1) is 22.1. The lowest BCUT2D eigenvalue weighted by Gasteiger charge is -2.30. The third-order valence-electron chi connectivity index (χ3n) is 6.41. The quantitative estimate of drug-likeness (QED) is 0.378. The van der Waals surface area contributed by atoms with E-state index in [1.807, 2.05) is 24.4 Å². The lowest BCUT2D eigenvalue weighted by atomic mass is 9.94. The number of anilines is 3. The zero-order valence-corrected chi connectivity index (χ0v) is 19.8. The number of hydrogen-bond acceptors (Lipinski definition) is 10. The maximum Gasteiger partial charge on any atom is 0.324 e. The minimum atomic E-state index is -0.454. The zero-order valence-electron chi connectivity index (χ0n) is 19.8. The van der Waals surface area contributed by atoms with Gasteiger partial charge in [0.05, 0.1) is 6.20 Å². The van der Waals surface area contributed by atoms with Crippen molar-refractivity contribution in [3.63, 3.8) is 0 Å². The molecule has 1 fully saturated rings. The number of halogens is 1. The molecule has 1 aliphatic rings. The maximum absolute atomic E-state index is 14.7. The predicted octanol–water partition coefficient (Wildman–Crippen LogP) is 3.48. The summed E-state index contributed by atoms with van der Waals surface area (Å²) in [6, 6.07) is 5.34. The number of benzene rings is 1. The first-order chi connectivity index (χ1) is 17.6. The number of nitrogens with one attached hydrogen (secondary N) is 1. The number of nitrogens with zero attached hydrogens (tertiary/aromatic N) is 10. The van der Waals surface area contributed by atoms with E-state index >= 15 is 0 Å². The summed E-state index contributed by atoms with van der Waals surface area (Å²) in [5, 5.41) is 18.1. The Morgan fingerprint density at radius 1 is 1.14 bits per heavy atom. The zero-order chi connectivity index (χ0) is 24.6. The normalized spacial score (nSPS) is 14.7. The van der Waals surface area contributed by atoms with Gasteiger partial charge in [-0.25, -0.2) is 14.4 Å². The molecule has 1 aromatic carbocycles. The number of imidazole rings is 1. The second kappa shape index (κ2) is 8.98. The Labute approximate surface area is 205 Å². The smallest absolute Gasteiger partial charge is 0.324 e. The van der Waals surface area contributed by atoms with Gasteiger partial charge in [-0.05, 0) is 41.5 Å². The highest BCUT2D eigenvalue weighted by molar-refractivity contribution is 5.73. The minimum Gasteiger partial charge on any atom is -0.351 e. The van der Waals surface area contributed by atoms with E-state index in [1.165, 1.54) is 17.1 Å². The summed E-state index contributed by atoms with van der Waals surface area (Å²) in [6.07, 6.45) is 8.54. The molecule has 0 spiro atoms. The number of piperidine rings is 1. The van der Waals surface area contributed by atoms with Gasteiger partial charge in [-0.15, -0.1) is 5.10 Å². The molecule has 1 aliphatic heterocycles. The fourth-order valence-electron chi connectivity index (χ4n) is 4.47. The van der Waals surface area contributed by atoms with Crippen molar-refractivity contribution in [2.75, 3.05) is 23.3 Å². The molecule has 5 heterocycles. The van der Waals surface area contributed by atoms with Crippen LogP contribution in [-0.2, 0) is 0 Å². The standard InChI is InChI=1S/C23H24FN11O/c1-14(2)21-29-23(36-30-21)33-7-5-15(6-8-33)20-11-26-22-18(10-25-12-34(20)22)28-16-3-4-19(17(24)9-16)35-13-27-31-32-35/h3-4,9-15,28H,5-8H2,1-2H3. The van der Waals surface area contributed by atoms with Crippen molar-refractivity contribution < 1.29 is 8.91 Å². The lowest BCUT2D eigenvalue weighted by Crippen LogP contribution is -2.33. The van der Waals surface area contributed by atoms with Crippen molar-refractivity contribution in [3.05, 3.63) is 60.6 Å². The molecule has 6 rings (SSSR count). The van der Waals surface area contributed by atoms with Gasteiger partial charge in [0.25, 0.3) is 0 Å². The Balaban J connectivity index is 1.19. The van der Waals surface area contributed by atoms with Gasteiger partial charge < -0.3 is 14.7 Å². The van der Waals surface area contributed by atoms with E-state index in [0.717, 1.165) is 43.1 Å². The summed E-state index contributed by atoms with van der Waals surface area (Å²) in [5.41, 5.74) is 3.33. The van der Waals surface area contributed by atoms with Gasteiger partial charge >= 0.3 is 6.01 Å². The minimum absolute atomic E-state index is 0.230. The molecule has 0 aliphatic carbocycles. The number of hydrogen-bond donors (Lipinski definition) is 1. The van der Waals surface area contributed by atoms with Gasteiger partial charge in [-0.3, -0.25) is 4.40 Å². The molecular formula is C23H24FN11O. The fourth-order valence-corrected chi connectivity index (χ4v) is 4.47. The second-order valence-corrected chi connectivity index (χ2v) is 9.08. The van der Waals surface area contributed by atoms with Crippen LogP contribution < -0.4 is 10.2 Å². The third-order valence-corrected chi connectivity index (χ3v) is 6.41. The summed E-state index contributed by atoms with van der Waals surface area (Å²) in [7, 11) is 0. The van der Waals surface area contributed by atoms with E-state index in [9.17, 15) is 4.39 Å². The average Bonchev–Trinajstić information content (AvgIpc) is 3.65. The van der Waals surface area contributed by atoms with Gasteiger partial charge in [0, 0.05) is 42.5 Å². The van der Waals surface area contributed by atoms with Crippen molar-refractivity contribution in [2.45, 2.75) is 38.5 Å². The summed E-state index contributed by atoms with van der Waals surface area (Å²) in [4.78, 5) is 15.7. The van der Waals surface area contributed by atoms with Crippen molar-refractivity contribution in [1.29, 1.82) is 0 Å². The molecule has 36 heavy (non-hydrogen) atoms. The summed E-state index contributed by atoms with van der Waals surface area (Å²) in [5.74, 6) is 0.817. The van der Waals surface area contributed by atoms with Crippen LogP contribution in [0.3, 0.4) is 0 Å². The summed E-state index contributed by atoms with van der Waals surface area (Å²) < 4.78 is 23.4. The van der Waals surface area contributed by atoms with Crippen molar-refractivity contribution in [1.82, 2.24) is 44.7 Å². The molecular weight excluding hydrogens is 465 g/mol. The topological polar surface area (TPSA) is 128 Å². The van der Waals surface area contributed by atoms with Crippen LogP contribution in [0.1, 0.15) is 50.0 Å². The highest BCUT2D eigenvalue weighted by Gasteiger charge is 2.27. The van der Waals surface area contributed by atoms with Gasteiger partial charge in [0.1, 0.15) is 24.0 Å². The fraction of sp³-hybridized carbons (Fsp3) is 0.348. The van der Waals surface area contributed by atoms with Crippen LogP contribution in [0.15, 0.2) is 47.8 Å². The molecule has 1 saturated heterocycles. The van der Waals surface area contributed by atoms with Gasteiger partial charge in [-0.2, -0.15) is 9.67 Å². The van der Waals surface area contributed by atoms with Crippen LogP contribution in [0.25, 0.3) is 11.3 Å². The van der Waals surface area contributed by atoms with Gasteiger partial charge in [-0.1, -0.05) is 19.0 Å². The van der Waals surface area contributed by atoms with Crippen molar-refractivity contribution in [2.24, 2.45) is 0 Å². The molecule has 184 valence electrons. The second-order valence-electron chi connectivity index (χ2n) is 9.08. The van der Waals surface area contributed by atoms with E-state index in [2.05, 4.69) is 45.9 Å². The molecule has 0 saturated carbocycles. The average molecular weight is 490 g/mol. The van der Waals surface area contributed by atoms with E-state index in [-0.39, 0.29) is 11.6 Å². The lowest BCUT2D eigenvalue weighted by molar-refractivity contribution is 0.386. The monoisotopic (exact) mass is 489 g/mol. The van der Waals surface area contributed by atoms with Crippen LogP contribution in [0.4, 0.5) is 21.8 Å². The van der Waals surface area contributed by atoms with E-state index in [1.54, 1.807) is 24.7 Å². The molecule has 4 aromatic heterocycles. The van der Waals surface area contributed by atoms with Crippen LogP contribution in [0.2, 0.25) is 0 Å².